The maximum Gasteiger partial charge on any atom is 0.126 e. The van der Waals surface area contributed by atoms with Crippen molar-refractivity contribution in [2.75, 3.05) is 6.54 Å². The van der Waals surface area contributed by atoms with E-state index in [1.54, 1.807) is 19.1 Å². The van der Waals surface area contributed by atoms with Crippen LogP contribution in [0, 0.1) is 18.6 Å². The minimum Gasteiger partial charge on any atom is -0.310 e. The van der Waals surface area contributed by atoms with Crippen LogP contribution in [0.5, 0.6) is 0 Å². The fraction of sp³-hybridized carbons (Fsp3) is 0.294. The van der Waals surface area contributed by atoms with Crippen LogP contribution in [0.15, 0.2) is 40.9 Å². The van der Waals surface area contributed by atoms with Gasteiger partial charge < -0.3 is 5.32 Å². The standard InChI is InChI=1S/C17H18BrF2N/c1-3-21-17(13-5-4-11(2)16(20)9-13)8-12-6-14(18)10-15(19)7-12/h4-7,9-10,17,21H,3,8H2,1-2H3. The second-order valence-corrected chi connectivity index (χ2v) is 6.02. The Morgan fingerprint density at radius 2 is 1.90 bits per heavy atom. The summed E-state index contributed by atoms with van der Waals surface area (Å²) < 4.78 is 27.9. The molecule has 0 fully saturated rings. The van der Waals surface area contributed by atoms with Crippen molar-refractivity contribution < 1.29 is 8.78 Å². The lowest BCUT2D eigenvalue weighted by Gasteiger charge is -2.19. The fourth-order valence-electron chi connectivity index (χ4n) is 2.34. The summed E-state index contributed by atoms with van der Waals surface area (Å²) in [4.78, 5) is 0. The molecule has 1 nitrogen and oxygen atoms in total. The van der Waals surface area contributed by atoms with Crippen LogP contribution in [0.4, 0.5) is 8.78 Å². The van der Waals surface area contributed by atoms with Crippen molar-refractivity contribution in [1.82, 2.24) is 5.32 Å². The molecule has 0 radical (unpaired) electrons. The van der Waals surface area contributed by atoms with Crippen LogP contribution >= 0.6 is 15.9 Å². The molecule has 2 aromatic rings. The maximum absolute atomic E-state index is 13.8. The quantitative estimate of drug-likeness (QED) is 0.803. The molecule has 0 saturated heterocycles. The lowest BCUT2D eigenvalue weighted by atomic mass is 9.97. The molecule has 1 atom stereocenters. The molecular formula is C17H18BrF2N. The first-order valence-electron chi connectivity index (χ1n) is 6.94. The van der Waals surface area contributed by atoms with E-state index in [4.69, 9.17) is 0 Å². The first kappa shape index (κ1) is 16.1. The SMILES string of the molecule is CCNC(Cc1cc(F)cc(Br)c1)c1ccc(C)c(F)c1. The van der Waals surface area contributed by atoms with Gasteiger partial charge in [-0.1, -0.05) is 35.0 Å². The van der Waals surface area contributed by atoms with E-state index >= 15 is 0 Å². The molecule has 0 amide bonds. The third-order valence-corrected chi connectivity index (χ3v) is 3.87. The van der Waals surface area contributed by atoms with Crippen molar-refractivity contribution in [3.63, 3.8) is 0 Å². The summed E-state index contributed by atoms with van der Waals surface area (Å²) in [6.07, 6.45) is 0.604. The van der Waals surface area contributed by atoms with Crippen molar-refractivity contribution in [2.45, 2.75) is 26.3 Å². The van der Waals surface area contributed by atoms with Crippen LogP contribution in [-0.2, 0) is 6.42 Å². The van der Waals surface area contributed by atoms with E-state index in [0.717, 1.165) is 17.7 Å². The summed E-state index contributed by atoms with van der Waals surface area (Å²) in [5, 5.41) is 3.33. The van der Waals surface area contributed by atoms with Crippen molar-refractivity contribution in [1.29, 1.82) is 0 Å². The van der Waals surface area contributed by atoms with E-state index in [9.17, 15) is 8.78 Å². The average molecular weight is 354 g/mol. The van der Waals surface area contributed by atoms with Gasteiger partial charge in [0.1, 0.15) is 11.6 Å². The van der Waals surface area contributed by atoms with Crippen LogP contribution in [0.2, 0.25) is 0 Å². The topological polar surface area (TPSA) is 12.0 Å². The minimum absolute atomic E-state index is 0.0428. The van der Waals surface area contributed by atoms with E-state index in [0.29, 0.717) is 16.5 Å². The zero-order valence-corrected chi connectivity index (χ0v) is 13.7. The van der Waals surface area contributed by atoms with E-state index in [-0.39, 0.29) is 17.7 Å². The molecule has 2 aromatic carbocycles. The summed E-state index contributed by atoms with van der Waals surface area (Å²) in [7, 11) is 0. The van der Waals surface area contributed by atoms with Gasteiger partial charge in [-0.2, -0.15) is 0 Å². The molecule has 4 heteroatoms. The van der Waals surface area contributed by atoms with Crippen LogP contribution in [0.3, 0.4) is 0 Å². The third-order valence-electron chi connectivity index (χ3n) is 3.41. The van der Waals surface area contributed by atoms with Crippen LogP contribution in [-0.4, -0.2) is 6.54 Å². The monoisotopic (exact) mass is 353 g/mol. The first-order chi connectivity index (χ1) is 9.99. The molecule has 0 aliphatic carbocycles. The van der Waals surface area contributed by atoms with Gasteiger partial charge in [0.15, 0.2) is 0 Å². The van der Waals surface area contributed by atoms with E-state index < -0.39 is 0 Å². The Hall–Kier alpha value is -1.26. The number of rotatable bonds is 5. The van der Waals surface area contributed by atoms with Crippen LogP contribution < -0.4 is 5.32 Å². The molecule has 0 aliphatic heterocycles. The van der Waals surface area contributed by atoms with Gasteiger partial charge in [0.05, 0.1) is 0 Å². The van der Waals surface area contributed by atoms with Crippen LogP contribution in [0.1, 0.15) is 29.7 Å². The molecule has 0 spiro atoms. The van der Waals surface area contributed by atoms with Gasteiger partial charge in [-0.05, 0) is 60.8 Å². The van der Waals surface area contributed by atoms with Gasteiger partial charge in [-0.25, -0.2) is 8.78 Å². The van der Waals surface area contributed by atoms with Gasteiger partial charge in [0.2, 0.25) is 0 Å². The molecule has 0 aromatic heterocycles. The molecule has 0 aliphatic rings. The van der Waals surface area contributed by atoms with Crippen LogP contribution in [0.25, 0.3) is 0 Å². The van der Waals surface area contributed by atoms with E-state index in [2.05, 4.69) is 21.2 Å². The Balaban J connectivity index is 2.27. The average Bonchev–Trinajstić information content (AvgIpc) is 2.40. The molecule has 1 unspecified atom stereocenters. The lowest BCUT2D eigenvalue weighted by Crippen LogP contribution is -2.23. The highest BCUT2D eigenvalue weighted by Gasteiger charge is 2.13. The number of aryl methyl sites for hydroxylation is 1. The Morgan fingerprint density at radius 3 is 2.52 bits per heavy atom. The molecule has 2 rings (SSSR count). The zero-order chi connectivity index (χ0) is 15.4. The molecular weight excluding hydrogens is 336 g/mol. The molecule has 0 bridgehead atoms. The van der Waals surface area contributed by atoms with Gasteiger partial charge in [0.25, 0.3) is 0 Å². The second kappa shape index (κ2) is 7.14. The first-order valence-corrected chi connectivity index (χ1v) is 7.73. The summed E-state index contributed by atoms with van der Waals surface area (Å²) in [5.74, 6) is -0.486. The Morgan fingerprint density at radius 1 is 1.14 bits per heavy atom. The number of hydrogen-bond acceptors (Lipinski definition) is 1. The molecule has 0 heterocycles. The fourth-order valence-corrected chi connectivity index (χ4v) is 2.86. The van der Waals surface area contributed by atoms with E-state index in [1.807, 2.05) is 19.1 Å². The largest absolute Gasteiger partial charge is 0.310 e. The molecule has 112 valence electrons. The van der Waals surface area contributed by atoms with Crippen molar-refractivity contribution in [2.24, 2.45) is 0 Å². The Kier molecular flexibility index (Phi) is 5.48. The lowest BCUT2D eigenvalue weighted by molar-refractivity contribution is 0.539. The number of nitrogens with one attached hydrogen (secondary N) is 1. The number of hydrogen-bond donors (Lipinski definition) is 1. The summed E-state index contributed by atoms with van der Waals surface area (Å²) in [6.45, 7) is 4.50. The number of benzene rings is 2. The van der Waals surface area contributed by atoms with Gasteiger partial charge >= 0.3 is 0 Å². The maximum atomic E-state index is 13.8. The highest BCUT2D eigenvalue weighted by Crippen LogP contribution is 2.23. The summed E-state index contributed by atoms with van der Waals surface area (Å²) in [5.41, 5.74) is 2.37. The van der Waals surface area contributed by atoms with E-state index in [1.165, 1.54) is 12.1 Å². The van der Waals surface area contributed by atoms with Gasteiger partial charge in [0, 0.05) is 10.5 Å². The smallest absolute Gasteiger partial charge is 0.126 e. The number of halogens is 3. The molecule has 21 heavy (non-hydrogen) atoms. The normalized spacial score (nSPS) is 12.4. The predicted octanol–water partition coefficient (Wildman–Crippen LogP) is 4.93. The zero-order valence-electron chi connectivity index (χ0n) is 12.1. The molecule has 0 saturated carbocycles. The Bertz CT molecular complexity index is 608. The third kappa shape index (κ3) is 4.35. The highest BCUT2D eigenvalue weighted by atomic mass is 79.9. The van der Waals surface area contributed by atoms with Crippen molar-refractivity contribution in [3.05, 3.63) is 69.2 Å². The van der Waals surface area contributed by atoms with Gasteiger partial charge in [-0.15, -0.1) is 0 Å². The number of likely N-dealkylation sites (N-methyl/N-ethyl adjacent to an activating group) is 1. The van der Waals surface area contributed by atoms with Gasteiger partial charge in [-0.3, -0.25) is 0 Å². The highest BCUT2D eigenvalue weighted by molar-refractivity contribution is 9.10. The van der Waals surface area contributed by atoms with Crippen molar-refractivity contribution >= 4 is 15.9 Å². The second-order valence-electron chi connectivity index (χ2n) is 5.10. The molecule has 1 N–H and O–H groups in total. The summed E-state index contributed by atoms with van der Waals surface area (Å²) >= 11 is 3.30. The predicted molar refractivity (Wildman–Crippen MR) is 85.4 cm³/mol. The minimum atomic E-state index is -0.273. The Labute approximate surface area is 132 Å². The summed E-state index contributed by atoms with van der Waals surface area (Å²) in [6, 6.07) is 10.0. The van der Waals surface area contributed by atoms with Crippen molar-refractivity contribution in [3.8, 4) is 0 Å².